The molecule has 0 aromatic heterocycles. The molecule has 0 aliphatic carbocycles. The van der Waals surface area contributed by atoms with E-state index >= 15 is 0 Å². The molecule has 0 saturated carbocycles. The Bertz CT molecular complexity index is 862. The molecule has 2 N–H and O–H groups in total. The number of halogens is 4. The maximum absolute atomic E-state index is 13.2. The molecular formula is C20H20Cl2F2N4O2. The maximum Gasteiger partial charge on any atom is 0.238 e. The Balaban J connectivity index is 1.40. The van der Waals surface area contributed by atoms with Crippen LogP contribution in [0.5, 0.6) is 0 Å². The smallest absolute Gasteiger partial charge is 0.238 e. The van der Waals surface area contributed by atoms with Crippen LogP contribution in [-0.2, 0) is 9.59 Å². The molecule has 10 heteroatoms. The summed E-state index contributed by atoms with van der Waals surface area (Å²) >= 11 is 11.4. The number of anilines is 2. The van der Waals surface area contributed by atoms with Crippen LogP contribution in [0.2, 0.25) is 10.0 Å². The molecular weight excluding hydrogens is 437 g/mol. The quantitative estimate of drug-likeness (QED) is 0.698. The highest BCUT2D eigenvalue weighted by Crippen LogP contribution is 2.20. The van der Waals surface area contributed by atoms with E-state index in [1.165, 1.54) is 36.4 Å². The monoisotopic (exact) mass is 456 g/mol. The maximum atomic E-state index is 13.2. The van der Waals surface area contributed by atoms with Crippen molar-refractivity contribution in [3.8, 4) is 0 Å². The van der Waals surface area contributed by atoms with Crippen LogP contribution in [0.25, 0.3) is 0 Å². The van der Waals surface area contributed by atoms with Gasteiger partial charge in [0.15, 0.2) is 0 Å². The van der Waals surface area contributed by atoms with Gasteiger partial charge in [0.2, 0.25) is 11.8 Å². The first-order chi connectivity index (χ1) is 14.3. The molecule has 0 radical (unpaired) electrons. The number of amides is 2. The van der Waals surface area contributed by atoms with Crippen molar-refractivity contribution in [1.29, 1.82) is 0 Å². The second kappa shape index (κ2) is 10.2. The minimum Gasteiger partial charge on any atom is -0.325 e. The fraction of sp³-hybridized carbons (Fsp3) is 0.300. The number of carbonyl (C=O) groups excluding carboxylic acids is 2. The first-order valence-electron chi connectivity index (χ1n) is 9.24. The molecule has 30 heavy (non-hydrogen) atoms. The van der Waals surface area contributed by atoms with Gasteiger partial charge in [-0.1, -0.05) is 23.2 Å². The predicted molar refractivity (Wildman–Crippen MR) is 113 cm³/mol. The summed E-state index contributed by atoms with van der Waals surface area (Å²) in [5.74, 6) is -1.54. The Morgan fingerprint density at radius 2 is 1.13 bits per heavy atom. The second-order valence-corrected chi connectivity index (χ2v) is 7.72. The zero-order valence-corrected chi connectivity index (χ0v) is 17.4. The van der Waals surface area contributed by atoms with E-state index in [1.54, 1.807) is 0 Å². The summed E-state index contributed by atoms with van der Waals surface area (Å²) < 4.78 is 26.4. The van der Waals surface area contributed by atoms with E-state index in [0.29, 0.717) is 37.6 Å². The summed E-state index contributed by atoms with van der Waals surface area (Å²) in [6.45, 7) is 2.84. The minimum atomic E-state index is -0.544. The van der Waals surface area contributed by atoms with Crippen LogP contribution in [0.1, 0.15) is 0 Å². The molecule has 1 aliphatic rings. The van der Waals surface area contributed by atoms with Crippen molar-refractivity contribution in [3.05, 3.63) is 58.1 Å². The standard InChI is InChI=1S/C20H20Cl2F2N4O2/c21-15-9-13(1-3-17(15)23)25-19(29)11-27-5-7-28(8-6-27)12-20(30)26-14-2-4-18(24)16(22)10-14/h1-4,9-10H,5-8,11-12H2,(H,25,29)(H,26,30). The highest BCUT2D eigenvalue weighted by atomic mass is 35.5. The van der Waals surface area contributed by atoms with E-state index in [0.717, 1.165) is 0 Å². The summed E-state index contributed by atoms with van der Waals surface area (Å²) in [4.78, 5) is 28.3. The number of rotatable bonds is 6. The summed E-state index contributed by atoms with van der Waals surface area (Å²) in [6, 6.07) is 8.01. The molecule has 160 valence electrons. The number of carbonyl (C=O) groups is 2. The molecule has 0 spiro atoms. The lowest BCUT2D eigenvalue weighted by molar-refractivity contribution is -0.120. The third kappa shape index (κ3) is 6.37. The summed E-state index contributed by atoms with van der Waals surface area (Å²) in [6.07, 6.45) is 0. The molecule has 1 saturated heterocycles. The SMILES string of the molecule is O=C(CN1CCN(CC(=O)Nc2ccc(F)c(Cl)c2)CC1)Nc1ccc(F)c(Cl)c1. The van der Waals surface area contributed by atoms with Gasteiger partial charge in [0.25, 0.3) is 0 Å². The summed E-state index contributed by atoms with van der Waals surface area (Å²) in [5, 5.41) is 5.27. The number of nitrogens with one attached hydrogen (secondary N) is 2. The van der Waals surface area contributed by atoms with Crippen LogP contribution in [-0.4, -0.2) is 60.9 Å². The van der Waals surface area contributed by atoms with Crippen LogP contribution < -0.4 is 10.6 Å². The van der Waals surface area contributed by atoms with E-state index in [9.17, 15) is 18.4 Å². The molecule has 0 bridgehead atoms. The van der Waals surface area contributed by atoms with Crippen molar-refractivity contribution >= 4 is 46.4 Å². The molecule has 1 aliphatic heterocycles. The highest BCUT2D eigenvalue weighted by molar-refractivity contribution is 6.31. The van der Waals surface area contributed by atoms with Crippen LogP contribution >= 0.6 is 23.2 Å². The Labute approximate surface area is 182 Å². The summed E-state index contributed by atoms with van der Waals surface area (Å²) in [7, 11) is 0. The Morgan fingerprint density at radius 1 is 0.767 bits per heavy atom. The van der Waals surface area contributed by atoms with Gasteiger partial charge in [0.05, 0.1) is 23.1 Å². The van der Waals surface area contributed by atoms with E-state index < -0.39 is 11.6 Å². The van der Waals surface area contributed by atoms with Crippen LogP contribution in [0.15, 0.2) is 36.4 Å². The van der Waals surface area contributed by atoms with E-state index in [-0.39, 0.29) is 34.9 Å². The van der Waals surface area contributed by atoms with Gasteiger partial charge < -0.3 is 10.6 Å². The third-order valence-electron chi connectivity index (χ3n) is 4.61. The van der Waals surface area contributed by atoms with E-state index in [2.05, 4.69) is 10.6 Å². The molecule has 0 atom stereocenters. The molecule has 2 amide bonds. The van der Waals surface area contributed by atoms with Gasteiger partial charge in [-0.2, -0.15) is 0 Å². The average Bonchev–Trinajstić information content (AvgIpc) is 2.69. The van der Waals surface area contributed by atoms with Crippen molar-refractivity contribution in [2.75, 3.05) is 49.9 Å². The molecule has 2 aromatic rings. The van der Waals surface area contributed by atoms with Gasteiger partial charge in [0, 0.05) is 37.6 Å². The lowest BCUT2D eigenvalue weighted by Crippen LogP contribution is -2.50. The molecule has 0 unspecified atom stereocenters. The van der Waals surface area contributed by atoms with Crippen molar-refractivity contribution in [1.82, 2.24) is 9.80 Å². The number of nitrogens with zero attached hydrogens (tertiary/aromatic N) is 2. The van der Waals surface area contributed by atoms with Gasteiger partial charge >= 0.3 is 0 Å². The normalized spacial score (nSPS) is 15.1. The van der Waals surface area contributed by atoms with E-state index in [1.807, 2.05) is 9.80 Å². The lowest BCUT2D eigenvalue weighted by atomic mass is 10.2. The zero-order valence-electron chi connectivity index (χ0n) is 15.9. The topological polar surface area (TPSA) is 64.7 Å². The van der Waals surface area contributed by atoms with Gasteiger partial charge in [-0.05, 0) is 36.4 Å². The highest BCUT2D eigenvalue weighted by Gasteiger charge is 2.21. The number of piperazine rings is 1. The van der Waals surface area contributed by atoms with Gasteiger partial charge in [-0.25, -0.2) is 8.78 Å². The Hall–Kier alpha value is -2.26. The first kappa shape index (κ1) is 22.4. The molecule has 6 nitrogen and oxygen atoms in total. The number of benzene rings is 2. The summed E-state index contributed by atoms with van der Waals surface area (Å²) in [5.41, 5.74) is 0.866. The van der Waals surface area contributed by atoms with Crippen LogP contribution in [0.4, 0.5) is 20.2 Å². The van der Waals surface area contributed by atoms with Gasteiger partial charge in [-0.3, -0.25) is 19.4 Å². The van der Waals surface area contributed by atoms with Crippen molar-refractivity contribution in [3.63, 3.8) is 0 Å². The van der Waals surface area contributed by atoms with Crippen molar-refractivity contribution in [2.45, 2.75) is 0 Å². The third-order valence-corrected chi connectivity index (χ3v) is 5.19. The molecule has 3 rings (SSSR count). The molecule has 2 aromatic carbocycles. The molecule has 1 fully saturated rings. The second-order valence-electron chi connectivity index (χ2n) is 6.91. The zero-order chi connectivity index (χ0) is 21.7. The Morgan fingerprint density at radius 3 is 1.47 bits per heavy atom. The van der Waals surface area contributed by atoms with Crippen molar-refractivity contribution < 1.29 is 18.4 Å². The first-order valence-corrected chi connectivity index (χ1v) is 10.0. The lowest BCUT2D eigenvalue weighted by Gasteiger charge is -2.33. The van der Waals surface area contributed by atoms with Crippen LogP contribution in [0, 0.1) is 11.6 Å². The number of hydrogen-bond donors (Lipinski definition) is 2. The molecule has 1 heterocycles. The predicted octanol–water partition coefficient (Wildman–Crippen LogP) is 3.47. The van der Waals surface area contributed by atoms with E-state index in [4.69, 9.17) is 23.2 Å². The fourth-order valence-corrected chi connectivity index (χ4v) is 3.42. The number of hydrogen-bond acceptors (Lipinski definition) is 4. The largest absolute Gasteiger partial charge is 0.325 e. The van der Waals surface area contributed by atoms with Gasteiger partial charge in [0.1, 0.15) is 11.6 Å². The fourth-order valence-electron chi connectivity index (χ4n) is 3.06. The average molecular weight is 457 g/mol. The van der Waals surface area contributed by atoms with Gasteiger partial charge in [-0.15, -0.1) is 0 Å². The van der Waals surface area contributed by atoms with Crippen LogP contribution in [0.3, 0.4) is 0 Å². The minimum absolute atomic E-state index is 0.0531. The van der Waals surface area contributed by atoms with Crippen molar-refractivity contribution in [2.24, 2.45) is 0 Å². The Kier molecular flexibility index (Phi) is 7.60.